The first-order valence-corrected chi connectivity index (χ1v) is 6.61. The van der Waals surface area contributed by atoms with Crippen LogP contribution < -0.4 is 11.1 Å². The number of carbonyl (C=O) groups is 1. The number of halogens is 1. The number of carbonyl (C=O) groups excluding carboxylic acids is 1. The lowest BCUT2D eigenvalue weighted by atomic mass is 10.1. The molecule has 1 aliphatic carbocycles. The summed E-state index contributed by atoms with van der Waals surface area (Å²) in [7, 11) is 0. The monoisotopic (exact) mass is 266 g/mol. The summed E-state index contributed by atoms with van der Waals surface area (Å²) in [6, 6.07) is 2.58. The van der Waals surface area contributed by atoms with E-state index in [0.717, 1.165) is 18.4 Å². The Labute approximate surface area is 112 Å². The minimum absolute atomic E-state index is 0.101. The molecule has 1 saturated carbocycles. The zero-order valence-electron chi connectivity index (χ0n) is 11.0. The van der Waals surface area contributed by atoms with Gasteiger partial charge < -0.3 is 15.8 Å². The maximum Gasteiger partial charge on any atom is 0.340 e. The van der Waals surface area contributed by atoms with Crippen molar-refractivity contribution in [2.24, 2.45) is 5.92 Å². The Morgan fingerprint density at radius 2 is 2.26 bits per heavy atom. The van der Waals surface area contributed by atoms with E-state index < -0.39 is 11.8 Å². The summed E-state index contributed by atoms with van der Waals surface area (Å²) in [5, 5.41) is 3.01. The van der Waals surface area contributed by atoms with Crippen molar-refractivity contribution in [2.75, 3.05) is 24.2 Å². The van der Waals surface area contributed by atoms with E-state index in [0.29, 0.717) is 12.2 Å². The number of nitrogens with two attached hydrogens (primary N) is 1. The third-order valence-corrected chi connectivity index (χ3v) is 3.20. The summed E-state index contributed by atoms with van der Waals surface area (Å²) in [6.45, 7) is 2.68. The molecule has 0 bridgehead atoms. The highest BCUT2D eigenvalue weighted by molar-refractivity contribution is 5.96. The highest BCUT2D eigenvalue weighted by atomic mass is 19.1. The van der Waals surface area contributed by atoms with E-state index in [1.54, 1.807) is 6.92 Å². The molecular formula is C14H19FN2O2. The Morgan fingerprint density at radius 1 is 1.53 bits per heavy atom. The summed E-state index contributed by atoms with van der Waals surface area (Å²) in [6.07, 6.45) is 3.55. The fourth-order valence-corrected chi connectivity index (χ4v) is 1.93. The smallest absolute Gasteiger partial charge is 0.340 e. The number of ether oxygens (including phenoxy) is 1. The number of nitrogens with one attached hydrogen (secondary N) is 1. The molecule has 0 atom stereocenters. The highest BCUT2D eigenvalue weighted by Gasteiger charge is 2.21. The van der Waals surface area contributed by atoms with Gasteiger partial charge in [0.1, 0.15) is 5.82 Å². The molecule has 0 unspecified atom stereocenters. The minimum Gasteiger partial charge on any atom is -0.462 e. The van der Waals surface area contributed by atoms with Crippen LogP contribution >= 0.6 is 0 Å². The van der Waals surface area contributed by atoms with Gasteiger partial charge in [-0.3, -0.25) is 0 Å². The quantitative estimate of drug-likeness (QED) is 0.614. The van der Waals surface area contributed by atoms with Crippen LogP contribution in [0.5, 0.6) is 0 Å². The van der Waals surface area contributed by atoms with Gasteiger partial charge in [0.15, 0.2) is 0 Å². The van der Waals surface area contributed by atoms with Gasteiger partial charge in [0, 0.05) is 12.2 Å². The molecule has 1 aromatic carbocycles. The summed E-state index contributed by atoms with van der Waals surface area (Å²) in [4.78, 5) is 11.7. The highest BCUT2D eigenvalue weighted by Crippen LogP contribution is 2.32. The zero-order valence-corrected chi connectivity index (χ0v) is 11.0. The van der Waals surface area contributed by atoms with Crippen molar-refractivity contribution < 1.29 is 13.9 Å². The summed E-state index contributed by atoms with van der Waals surface area (Å²) in [5.74, 6) is -0.194. The topological polar surface area (TPSA) is 64.3 Å². The number of rotatable bonds is 6. The van der Waals surface area contributed by atoms with Crippen molar-refractivity contribution in [3.8, 4) is 0 Å². The molecule has 1 aromatic rings. The molecule has 0 radical (unpaired) electrons. The summed E-state index contributed by atoms with van der Waals surface area (Å²) >= 11 is 0. The third-order valence-electron chi connectivity index (χ3n) is 3.20. The fourth-order valence-electron chi connectivity index (χ4n) is 1.93. The van der Waals surface area contributed by atoms with Gasteiger partial charge in [0.05, 0.1) is 17.9 Å². The molecule has 1 fully saturated rings. The van der Waals surface area contributed by atoms with Crippen molar-refractivity contribution in [2.45, 2.75) is 26.2 Å². The van der Waals surface area contributed by atoms with E-state index >= 15 is 0 Å². The van der Waals surface area contributed by atoms with Crippen molar-refractivity contribution >= 4 is 17.3 Å². The molecule has 1 aliphatic rings. The molecule has 4 nitrogen and oxygen atoms in total. The van der Waals surface area contributed by atoms with Crippen LogP contribution in [0.25, 0.3) is 0 Å². The Bertz CT molecular complexity index is 473. The molecule has 0 heterocycles. The van der Waals surface area contributed by atoms with Gasteiger partial charge in [0.25, 0.3) is 0 Å². The maximum atomic E-state index is 13.7. The molecule has 19 heavy (non-hydrogen) atoms. The predicted octanol–water partition coefficient (Wildman–Crippen LogP) is 2.80. The Hall–Kier alpha value is -1.78. The lowest BCUT2D eigenvalue weighted by Crippen LogP contribution is -2.11. The van der Waals surface area contributed by atoms with Gasteiger partial charge in [-0.1, -0.05) is 12.8 Å². The Morgan fingerprint density at radius 3 is 2.89 bits per heavy atom. The molecule has 0 aliphatic heterocycles. The van der Waals surface area contributed by atoms with E-state index in [2.05, 4.69) is 5.32 Å². The van der Waals surface area contributed by atoms with Crippen molar-refractivity contribution in [3.05, 3.63) is 23.5 Å². The molecule has 3 N–H and O–H groups in total. The molecule has 0 spiro atoms. The SMILES string of the molecule is CCOC(=O)c1cc(NCCC2CC2)c(F)cc1N. The first-order valence-electron chi connectivity index (χ1n) is 6.61. The van der Waals surface area contributed by atoms with E-state index in [9.17, 15) is 9.18 Å². The van der Waals surface area contributed by atoms with Crippen LogP contribution in [0.4, 0.5) is 15.8 Å². The minimum atomic E-state index is -0.523. The third kappa shape index (κ3) is 3.59. The van der Waals surface area contributed by atoms with Crippen LogP contribution in [0.1, 0.15) is 36.5 Å². The predicted molar refractivity (Wildman–Crippen MR) is 72.6 cm³/mol. The molecule has 0 saturated heterocycles. The molecule has 104 valence electrons. The first-order chi connectivity index (χ1) is 9.11. The van der Waals surface area contributed by atoms with Crippen LogP contribution in [0.3, 0.4) is 0 Å². The van der Waals surface area contributed by atoms with Gasteiger partial charge in [-0.05, 0) is 31.4 Å². The Balaban J connectivity index is 2.07. The average molecular weight is 266 g/mol. The molecule has 5 heteroatoms. The van der Waals surface area contributed by atoms with E-state index in [4.69, 9.17) is 10.5 Å². The number of nitrogen functional groups attached to an aromatic ring is 1. The molecular weight excluding hydrogens is 247 g/mol. The standard InChI is InChI=1S/C14H19FN2O2/c1-2-19-14(18)10-7-13(11(15)8-12(10)16)17-6-5-9-3-4-9/h7-9,17H,2-6,16H2,1H3. The largest absolute Gasteiger partial charge is 0.462 e. The number of anilines is 2. The van der Waals surface area contributed by atoms with Gasteiger partial charge in [0.2, 0.25) is 0 Å². The molecule has 2 rings (SSSR count). The van der Waals surface area contributed by atoms with Crippen LogP contribution in [-0.4, -0.2) is 19.1 Å². The van der Waals surface area contributed by atoms with Gasteiger partial charge in [-0.2, -0.15) is 0 Å². The van der Waals surface area contributed by atoms with Crippen molar-refractivity contribution in [1.29, 1.82) is 0 Å². The second kappa shape index (κ2) is 5.91. The van der Waals surface area contributed by atoms with Crippen molar-refractivity contribution in [1.82, 2.24) is 0 Å². The first kappa shape index (κ1) is 13.6. The average Bonchev–Trinajstić information content (AvgIpc) is 3.16. The van der Waals surface area contributed by atoms with Crippen molar-refractivity contribution in [3.63, 3.8) is 0 Å². The maximum absolute atomic E-state index is 13.7. The van der Waals surface area contributed by atoms with Crippen LogP contribution in [0.15, 0.2) is 12.1 Å². The van der Waals surface area contributed by atoms with Crippen LogP contribution in [0, 0.1) is 11.7 Å². The second-order valence-corrected chi connectivity index (χ2v) is 4.80. The number of hydrogen-bond donors (Lipinski definition) is 2. The van der Waals surface area contributed by atoms with Gasteiger partial charge in [-0.15, -0.1) is 0 Å². The second-order valence-electron chi connectivity index (χ2n) is 4.80. The normalized spacial score (nSPS) is 14.2. The fraction of sp³-hybridized carbons (Fsp3) is 0.500. The van der Waals surface area contributed by atoms with Crippen LogP contribution in [-0.2, 0) is 4.74 Å². The Kier molecular flexibility index (Phi) is 4.24. The van der Waals surface area contributed by atoms with E-state index in [-0.39, 0.29) is 17.9 Å². The van der Waals surface area contributed by atoms with Gasteiger partial charge >= 0.3 is 5.97 Å². The van der Waals surface area contributed by atoms with E-state index in [1.165, 1.54) is 18.9 Å². The van der Waals surface area contributed by atoms with Crippen LogP contribution in [0.2, 0.25) is 0 Å². The molecule has 0 aromatic heterocycles. The summed E-state index contributed by atoms with van der Waals surface area (Å²) < 4.78 is 18.6. The van der Waals surface area contributed by atoms with Gasteiger partial charge in [-0.25, -0.2) is 9.18 Å². The van der Waals surface area contributed by atoms with E-state index in [1.807, 2.05) is 0 Å². The number of hydrogen-bond acceptors (Lipinski definition) is 4. The number of benzene rings is 1. The zero-order chi connectivity index (χ0) is 13.8. The lowest BCUT2D eigenvalue weighted by Gasteiger charge is -2.11. The lowest BCUT2D eigenvalue weighted by molar-refractivity contribution is 0.0527. The molecule has 0 amide bonds. The number of esters is 1. The summed E-state index contributed by atoms with van der Waals surface area (Å²) in [5.41, 5.74) is 6.25.